The Hall–Kier alpha value is -2.41. The quantitative estimate of drug-likeness (QED) is 0.490. The minimum atomic E-state index is -0.822. The van der Waals surface area contributed by atoms with Crippen molar-refractivity contribution in [1.29, 1.82) is 0 Å². The summed E-state index contributed by atoms with van der Waals surface area (Å²) in [4.78, 5) is 15.0. The molecule has 2 rings (SSSR count). The van der Waals surface area contributed by atoms with Crippen molar-refractivity contribution in [2.24, 2.45) is 0 Å². The van der Waals surface area contributed by atoms with E-state index in [0.29, 0.717) is 17.5 Å². The fourth-order valence-electron chi connectivity index (χ4n) is 4.01. The van der Waals surface area contributed by atoms with Gasteiger partial charge in [-0.15, -0.1) is 0 Å². The van der Waals surface area contributed by atoms with Crippen LogP contribution in [0.3, 0.4) is 0 Å². The van der Waals surface area contributed by atoms with E-state index >= 15 is 0 Å². The summed E-state index contributed by atoms with van der Waals surface area (Å²) < 4.78 is 10.5. The Kier molecular flexibility index (Phi) is 9.69. The highest BCUT2D eigenvalue weighted by Gasteiger charge is 2.36. The largest absolute Gasteiger partial charge is 0.496 e. The van der Waals surface area contributed by atoms with E-state index in [4.69, 9.17) is 9.47 Å². The van der Waals surface area contributed by atoms with Gasteiger partial charge in [-0.2, -0.15) is 0 Å². The number of ether oxygens (including phenoxy) is 2. The molecular weight excluding hydrogens is 406 g/mol. The van der Waals surface area contributed by atoms with Gasteiger partial charge < -0.3 is 24.6 Å². The number of rotatable bonds is 12. The molecular formula is C26H37NO5. The molecule has 32 heavy (non-hydrogen) atoms. The number of aryl methyl sites for hydroxylation is 1. The van der Waals surface area contributed by atoms with E-state index in [2.05, 4.69) is 30.1 Å². The zero-order valence-corrected chi connectivity index (χ0v) is 20.0. The Morgan fingerprint density at radius 1 is 1.03 bits per heavy atom. The van der Waals surface area contributed by atoms with Crippen LogP contribution in [0.1, 0.15) is 47.6 Å². The zero-order chi connectivity index (χ0) is 23.7. The number of hydrogen-bond acceptors (Lipinski definition) is 6. The van der Waals surface area contributed by atoms with Gasteiger partial charge in [0, 0.05) is 6.54 Å². The Balaban J connectivity index is 2.01. The van der Waals surface area contributed by atoms with Crippen molar-refractivity contribution in [1.82, 2.24) is 4.90 Å². The molecule has 2 N–H and O–H groups in total. The van der Waals surface area contributed by atoms with Crippen LogP contribution in [0.5, 0.6) is 5.75 Å². The average molecular weight is 444 g/mol. The number of carbonyl (C=O) groups is 1. The minimum absolute atomic E-state index is 0.150. The monoisotopic (exact) mass is 443 g/mol. The number of likely N-dealkylation sites (N-methyl/N-ethyl adjacent to an activating group) is 1. The van der Waals surface area contributed by atoms with Gasteiger partial charge in [-0.05, 0) is 80.6 Å². The lowest BCUT2D eigenvalue weighted by molar-refractivity contribution is -0.147. The van der Waals surface area contributed by atoms with Gasteiger partial charge in [-0.1, -0.05) is 30.3 Å². The van der Waals surface area contributed by atoms with Gasteiger partial charge >= 0.3 is 5.97 Å². The van der Waals surface area contributed by atoms with Crippen LogP contribution in [0.4, 0.5) is 0 Å². The maximum absolute atomic E-state index is 12.7. The summed E-state index contributed by atoms with van der Waals surface area (Å²) in [6.45, 7) is 5.33. The molecule has 0 aliphatic carbocycles. The van der Waals surface area contributed by atoms with Gasteiger partial charge in [0.15, 0.2) is 0 Å². The third kappa shape index (κ3) is 6.31. The van der Waals surface area contributed by atoms with E-state index in [-0.39, 0.29) is 19.2 Å². The number of aliphatic hydroxyl groups excluding tert-OH is 2. The van der Waals surface area contributed by atoms with Crippen molar-refractivity contribution in [2.45, 2.75) is 51.7 Å². The van der Waals surface area contributed by atoms with Gasteiger partial charge in [0.05, 0.1) is 32.8 Å². The second-order valence-corrected chi connectivity index (χ2v) is 8.58. The molecule has 0 saturated carbocycles. The van der Waals surface area contributed by atoms with E-state index in [1.54, 1.807) is 19.2 Å². The molecule has 6 nitrogen and oxygen atoms in total. The molecule has 6 heteroatoms. The molecule has 0 aliphatic heterocycles. The van der Waals surface area contributed by atoms with Gasteiger partial charge in [0.1, 0.15) is 5.75 Å². The Labute approximate surface area is 191 Å². The highest BCUT2D eigenvalue weighted by Crippen LogP contribution is 2.32. The van der Waals surface area contributed by atoms with Crippen LogP contribution in [-0.4, -0.2) is 55.4 Å². The summed E-state index contributed by atoms with van der Waals surface area (Å²) in [6, 6.07) is 11.7. The number of aliphatic hydroxyl groups is 2. The maximum atomic E-state index is 12.7. The van der Waals surface area contributed by atoms with Crippen molar-refractivity contribution >= 4 is 5.97 Å². The van der Waals surface area contributed by atoms with Crippen LogP contribution < -0.4 is 4.74 Å². The standard InChI is InChI=1S/C26H37NO5/c1-19-7-8-20(15-24(19)31-4)11-14-27(3)13-6-12-26(2,25(30)32-5)23-10-9-21(17-28)22(16-23)18-29/h7-10,15-16,28-29H,6,11-14,17-18H2,1-5H3. The van der Waals surface area contributed by atoms with E-state index < -0.39 is 5.41 Å². The number of methoxy groups -OCH3 is 2. The summed E-state index contributed by atoms with van der Waals surface area (Å²) in [5, 5.41) is 19.1. The Morgan fingerprint density at radius 3 is 2.38 bits per heavy atom. The molecule has 0 amide bonds. The summed E-state index contributed by atoms with van der Waals surface area (Å²) in [5.74, 6) is 0.612. The second-order valence-electron chi connectivity index (χ2n) is 8.58. The van der Waals surface area contributed by atoms with Crippen molar-refractivity contribution < 1.29 is 24.5 Å². The normalized spacial score (nSPS) is 13.1. The molecule has 0 aliphatic rings. The van der Waals surface area contributed by atoms with Gasteiger partial charge in [0.25, 0.3) is 0 Å². The second kappa shape index (κ2) is 12.0. The molecule has 1 unspecified atom stereocenters. The lowest BCUT2D eigenvalue weighted by Gasteiger charge is -2.29. The van der Waals surface area contributed by atoms with Crippen LogP contribution in [0.25, 0.3) is 0 Å². The van der Waals surface area contributed by atoms with Gasteiger partial charge in [-0.25, -0.2) is 0 Å². The van der Waals surface area contributed by atoms with Gasteiger partial charge in [-0.3, -0.25) is 4.79 Å². The lowest BCUT2D eigenvalue weighted by atomic mass is 9.77. The van der Waals surface area contributed by atoms with Crippen LogP contribution in [0.2, 0.25) is 0 Å². The summed E-state index contributed by atoms with van der Waals surface area (Å²) in [5.41, 5.74) is 3.63. The first kappa shape index (κ1) is 25.8. The van der Waals surface area contributed by atoms with Crippen molar-refractivity contribution in [3.05, 3.63) is 64.2 Å². The number of benzene rings is 2. The molecule has 0 aromatic heterocycles. The molecule has 0 bridgehead atoms. The topological polar surface area (TPSA) is 79.2 Å². The fourth-order valence-corrected chi connectivity index (χ4v) is 4.01. The SMILES string of the molecule is COC(=O)C(C)(CCCN(C)CCc1ccc(C)c(OC)c1)c1ccc(CO)c(CO)c1. The summed E-state index contributed by atoms with van der Waals surface area (Å²) in [7, 11) is 5.18. The predicted octanol–water partition coefficient (Wildman–Crippen LogP) is 3.37. The smallest absolute Gasteiger partial charge is 0.315 e. The van der Waals surface area contributed by atoms with Crippen LogP contribution in [-0.2, 0) is 34.6 Å². The summed E-state index contributed by atoms with van der Waals surface area (Å²) >= 11 is 0. The highest BCUT2D eigenvalue weighted by atomic mass is 16.5. The number of esters is 1. The number of hydrogen-bond donors (Lipinski definition) is 2. The molecule has 1 atom stereocenters. The van der Waals surface area contributed by atoms with Crippen LogP contribution >= 0.6 is 0 Å². The molecule has 0 heterocycles. The van der Waals surface area contributed by atoms with E-state index in [0.717, 1.165) is 42.8 Å². The van der Waals surface area contributed by atoms with E-state index in [1.807, 2.05) is 19.9 Å². The average Bonchev–Trinajstić information content (AvgIpc) is 2.82. The first-order valence-corrected chi connectivity index (χ1v) is 11.0. The Bertz CT molecular complexity index is 898. The van der Waals surface area contributed by atoms with Gasteiger partial charge in [0.2, 0.25) is 0 Å². The first-order valence-electron chi connectivity index (χ1n) is 11.0. The van der Waals surface area contributed by atoms with E-state index in [9.17, 15) is 15.0 Å². The molecule has 0 fully saturated rings. The predicted molar refractivity (Wildman–Crippen MR) is 126 cm³/mol. The molecule has 0 saturated heterocycles. The zero-order valence-electron chi connectivity index (χ0n) is 20.0. The van der Waals surface area contributed by atoms with Crippen molar-refractivity contribution in [3.63, 3.8) is 0 Å². The molecule has 0 radical (unpaired) electrons. The third-order valence-electron chi connectivity index (χ3n) is 6.29. The molecule has 176 valence electrons. The van der Waals surface area contributed by atoms with E-state index in [1.165, 1.54) is 12.7 Å². The van der Waals surface area contributed by atoms with Crippen LogP contribution in [0.15, 0.2) is 36.4 Å². The van der Waals surface area contributed by atoms with Crippen molar-refractivity contribution in [3.8, 4) is 5.75 Å². The fraction of sp³-hybridized carbons (Fsp3) is 0.500. The van der Waals surface area contributed by atoms with Crippen molar-refractivity contribution in [2.75, 3.05) is 34.4 Å². The minimum Gasteiger partial charge on any atom is -0.496 e. The maximum Gasteiger partial charge on any atom is 0.315 e. The van der Waals surface area contributed by atoms with Crippen LogP contribution in [0, 0.1) is 6.92 Å². The number of carbonyl (C=O) groups excluding carboxylic acids is 1. The third-order valence-corrected chi connectivity index (χ3v) is 6.29. The molecule has 2 aromatic carbocycles. The first-order chi connectivity index (χ1) is 15.3. The lowest BCUT2D eigenvalue weighted by Crippen LogP contribution is -2.35. The Morgan fingerprint density at radius 2 is 1.75 bits per heavy atom. The highest BCUT2D eigenvalue weighted by molar-refractivity contribution is 5.82. The molecule has 2 aromatic rings. The summed E-state index contributed by atoms with van der Waals surface area (Å²) in [6.07, 6.45) is 2.35. The molecule has 0 spiro atoms. The number of nitrogens with zero attached hydrogens (tertiary/aromatic N) is 1.